The number of benzene rings is 1. The lowest BCUT2D eigenvalue weighted by Crippen LogP contribution is -2.44. The molecule has 0 fully saturated rings. The number of aryl methyl sites for hydroxylation is 1. The molecule has 0 bridgehead atoms. The van der Waals surface area contributed by atoms with Gasteiger partial charge in [-0.25, -0.2) is 9.40 Å². The second-order valence-corrected chi connectivity index (χ2v) is 5.00. The van der Waals surface area contributed by atoms with Gasteiger partial charge in [0.1, 0.15) is 5.82 Å². The summed E-state index contributed by atoms with van der Waals surface area (Å²) in [6.45, 7) is 2.93. The van der Waals surface area contributed by atoms with Gasteiger partial charge in [0.2, 0.25) is 11.8 Å². The molecule has 2 aromatic rings. The van der Waals surface area contributed by atoms with E-state index in [0.717, 1.165) is 5.57 Å². The molecule has 1 N–H and O–H groups in total. The number of nitrogens with zero attached hydrogens (tertiary/aromatic N) is 3. The lowest BCUT2D eigenvalue weighted by Gasteiger charge is -2.25. The number of carbonyl (C=O) groups excluding carboxylic acids is 1. The topological polar surface area (TPSA) is 71.3 Å². The molecule has 0 saturated heterocycles. The van der Waals surface area contributed by atoms with Gasteiger partial charge in [-0.15, -0.1) is 10.2 Å². The molecule has 0 aliphatic carbocycles. The van der Waals surface area contributed by atoms with Crippen LogP contribution in [0.1, 0.15) is 28.6 Å². The maximum Gasteiger partial charge on any atom is 0.265 e. The van der Waals surface area contributed by atoms with Crippen molar-refractivity contribution in [1.29, 1.82) is 0 Å². The van der Waals surface area contributed by atoms with Crippen molar-refractivity contribution in [3.05, 3.63) is 53.5 Å². The first-order valence-electron chi connectivity index (χ1n) is 6.93. The van der Waals surface area contributed by atoms with Crippen LogP contribution in [-0.4, -0.2) is 34.2 Å². The second kappa shape index (κ2) is 6.07. The first kappa shape index (κ1) is 14.4. The molecule has 1 aromatic heterocycles. The Labute approximate surface area is 126 Å². The van der Waals surface area contributed by atoms with E-state index < -0.39 is 0 Å². The predicted molar refractivity (Wildman–Crippen MR) is 77.1 cm³/mol. The fourth-order valence-corrected chi connectivity index (χ4v) is 2.20. The van der Waals surface area contributed by atoms with Crippen LogP contribution in [0, 0.1) is 12.7 Å². The summed E-state index contributed by atoms with van der Waals surface area (Å²) >= 11 is 0. The fourth-order valence-electron chi connectivity index (χ4n) is 2.20. The third-order valence-corrected chi connectivity index (χ3v) is 3.38. The quantitative estimate of drug-likeness (QED) is 0.938. The number of hydrazine groups is 1. The second-order valence-electron chi connectivity index (χ2n) is 5.00. The Kier molecular flexibility index (Phi) is 3.97. The smallest absolute Gasteiger partial charge is 0.265 e. The normalized spacial score (nSPS) is 15.5. The van der Waals surface area contributed by atoms with Crippen molar-refractivity contribution < 1.29 is 13.6 Å². The van der Waals surface area contributed by atoms with Gasteiger partial charge in [-0.1, -0.05) is 6.08 Å². The molecule has 7 heteroatoms. The number of rotatable bonds is 3. The van der Waals surface area contributed by atoms with Gasteiger partial charge in [0.25, 0.3) is 5.91 Å². The standard InChI is InChI=1S/C15H15FN4O2/c1-10-17-18-15(22-10)12-6-8-20(9-7-12)19-14(21)11-2-4-13(16)5-3-11/h2-6H,7-9H2,1H3,(H,19,21). The fraction of sp³-hybridized carbons (Fsp3) is 0.267. The average molecular weight is 302 g/mol. The molecular formula is C15H15FN4O2. The summed E-state index contributed by atoms with van der Waals surface area (Å²) < 4.78 is 18.2. The van der Waals surface area contributed by atoms with Crippen LogP contribution in [0.25, 0.3) is 5.57 Å². The van der Waals surface area contributed by atoms with Crippen LogP contribution < -0.4 is 5.43 Å². The van der Waals surface area contributed by atoms with Gasteiger partial charge in [-0.05, 0) is 30.7 Å². The minimum absolute atomic E-state index is 0.259. The third-order valence-electron chi connectivity index (χ3n) is 3.38. The van der Waals surface area contributed by atoms with Gasteiger partial charge >= 0.3 is 0 Å². The summed E-state index contributed by atoms with van der Waals surface area (Å²) in [6.07, 6.45) is 2.65. The highest BCUT2D eigenvalue weighted by atomic mass is 19.1. The van der Waals surface area contributed by atoms with Crippen molar-refractivity contribution in [2.75, 3.05) is 13.1 Å². The van der Waals surface area contributed by atoms with Gasteiger partial charge in [0.15, 0.2) is 0 Å². The van der Waals surface area contributed by atoms with Gasteiger partial charge in [-0.2, -0.15) is 0 Å². The molecule has 0 atom stereocenters. The Morgan fingerprint density at radius 1 is 1.32 bits per heavy atom. The highest BCUT2D eigenvalue weighted by molar-refractivity contribution is 5.93. The lowest BCUT2D eigenvalue weighted by atomic mass is 10.1. The molecule has 2 heterocycles. The molecule has 1 aromatic carbocycles. The molecule has 0 saturated carbocycles. The number of halogens is 1. The van der Waals surface area contributed by atoms with Crippen LogP contribution in [0.3, 0.4) is 0 Å². The third kappa shape index (κ3) is 3.20. The summed E-state index contributed by atoms with van der Waals surface area (Å²) in [5.74, 6) is 0.437. The molecule has 0 unspecified atom stereocenters. The molecule has 3 rings (SSSR count). The highest BCUT2D eigenvalue weighted by Gasteiger charge is 2.18. The van der Waals surface area contributed by atoms with E-state index in [2.05, 4.69) is 15.6 Å². The summed E-state index contributed by atoms with van der Waals surface area (Å²) in [4.78, 5) is 12.0. The van der Waals surface area contributed by atoms with Crippen molar-refractivity contribution in [1.82, 2.24) is 20.6 Å². The Morgan fingerprint density at radius 3 is 2.68 bits per heavy atom. The Bertz CT molecular complexity index is 709. The Balaban J connectivity index is 1.60. The SMILES string of the molecule is Cc1nnc(C2=CCN(NC(=O)c3ccc(F)cc3)CC2)o1. The van der Waals surface area contributed by atoms with Crippen molar-refractivity contribution in [3.8, 4) is 0 Å². The van der Waals surface area contributed by atoms with Crippen LogP contribution in [0.15, 0.2) is 34.8 Å². The molecule has 0 spiro atoms. The molecule has 6 nitrogen and oxygen atoms in total. The van der Waals surface area contributed by atoms with E-state index in [9.17, 15) is 9.18 Å². The molecule has 1 aliphatic heterocycles. The van der Waals surface area contributed by atoms with E-state index in [1.165, 1.54) is 24.3 Å². The van der Waals surface area contributed by atoms with E-state index in [1.54, 1.807) is 11.9 Å². The van der Waals surface area contributed by atoms with Crippen molar-refractivity contribution >= 4 is 11.5 Å². The highest BCUT2D eigenvalue weighted by Crippen LogP contribution is 2.20. The van der Waals surface area contributed by atoms with E-state index in [0.29, 0.717) is 36.9 Å². The number of nitrogens with one attached hydrogen (secondary N) is 1. The van der Waals surface area contributed by atoms with Gasteiger partial charge in [-0.3, -0.25) is 10.2 Å². The molecule has 1 aliphatic rings. The van der Waals surface area contributed by atoms with E-state index >= 15 is 0 Å². The minimum atomic E-state index is -0.364. The number of amides is 1. The van der Waals surface area contributed by atoms with Gasteiger partial charge < -0.3 is 4.42 Å². The lowest BCUT2D eigenvalue weighted by molar-refractivity contribution is 0.0806. The van der Waals surface area contributed by atoms with Crippen LogP contribution in [0.2, 0.25) is 0 Å². The van der Waals surface area contributed by atoms with E-state index in [-0.39, 0.29) is 11.7 Å². The number of aromatic nitrogens is 2. The van der Waals surface area contributed by atoms with E-state index in [4.69, 9.17) is 4.42 Å². The maximum absolute atomic E-state index is 12.8. The monoisotopic (exact) mass is 302 g/mol. The minimum Gasteiger partial charge on any atom is -0.421 e. The molecule has 0 radical (unpaired) electrons. The van der Waals surface area contributed by atoms with Crippen LogP contribution in [0.5, 0.6) is 0 Å². The predicted octanol–water partition coefficient (Wildman–Crippen LogP) is 1.95. The van der Waals surface area contributed by atoms with Crippen molar-refractivity contribution in [2.45, 2.75) is 13.3 Å². The summed E-state index contributed by atoms with van der Waals surface area (Å²) in [5, 5.41) is 9.58. The number of carbonyl (C=O) groups is 1. The zero-order chi connectivity index (χ0) is 15.5. The largest absolute Gasteiger partial charge is 0.421 e. The molecule has 22 heavy (non-hydrogen) atoms. The zero-order valence-corrected chi connectivity index (χ0v) is 12.0. The van der Waals surface area contributed by atoms with Gasteiger partial charge in [0, 0.05) is 31.1 Å². The first-order chi connectivity index (χ1) is 10.6. The molecular weight excluding hydrogens is 287 g/mol. The first-order valence-corrected chi connectivity index (χ1v) is 6.93. The number of hydrogen-bond donors (Lipinski definition) is 1. The molecule has 114 valence electrons. The van der Waals surface area contributed by atoms with Gasteiger partial charge in [0.05, 0.1) is 0 Å². The molecule has 1 amide bonds. The Morgan fingerprint density at radius 2 is 2.09 bits per heavy atom. The summed E-state index contributed by atoms with van der Waals surface area (Å²) in [6, 6.07) is 5.44. The van der Waals surface area contributed by atoms with Crippen molar-refractivity contribution in [3.63, 3.8) is 0 Å². The van der Waals surface area contributed by atoms with Crippen LogP contribution in [0.4, 0.5) is 4.39 Å². The maximum atomic E-state index is 12.8. The summed E-state index contributed by atoms with van der Waals surface area (Å²) in [7, 11) is 0. The average Bonchev–Trinajstić information content (AvgIpc) is 2.95. The van der Waals surface area contributed by atoms with Crippen molar-refractivity contribution in [2.24, 2.45) is 0 Å². The zero-order valence-electron chi connectivity index (χ0n) is 12.0. The Hall–Kier alpha value is -2.54. The van der Waals surface area contributed by atoms with E-state index in [1.807, 2.05) is 6.08 Å². The van der Waals surface area contributed by atoms with Crippen LogP contribution >= 0.6 is 0 Å². The number of hydrogen-bond acceptors (Lipinski definition) is 5. The summed E-state index contributed by atoms with van der Waals surface area (Å²) in [5.41, 5.74) is 4.19. The van der Waals surface area contributed by atoms with Crippen LogP contribution in [-0.2, 0) is 0 Å².